The van der Waals surface area contributed by atoms with Gasteiger partial charge in [0, 0.05) is 31.0 Å². The number of nitrogens with one attached hydrogen (secondary N) is 1. The first kappa shape index (κ1) is 13.0. The summed E-state index contributed by atoms with van der Waals surface area (Å²) in [5, 5.41) is 14.0. The summed E-state index contributed by atoms with van der Waals surface area (Å²) in [7, 11) is 0. The summed E-state index contributed by atoms with van der Waals surface area (Å²) in [4.78, 5) is 21.8. The van der Waals surface area contributed by atoms with Crippen LogP contribution in [-0.4, -0.2) is 16.7 Å². The van der Waals surface area contributed by atoms with Crippen LogP contribution < -0.4 is 5.32 Å². The van der Waals surface area contributed by atoms with Gasteiger partial charge in [-0.2, -0.15) is 0 Å². The van der Waals surface area contributed by atoms with E-state index < -0.39 is 10.7 Å². The first-order valence-electron chi connectivity index (χ1n) is 6.75. The van der Waals surface area contributed by atoms with Crippen molar-refractivity contribution in [2.24, 2.45) is 11.8 Å². The molecule has 2 atom stereocenters. The highest BCUT2D eigenvalue weighted by Gasteiger charge is 2.41. The van der Waals surface area contributed by atoms with Gasteiger partial charge in [-0.25, -0.2) is 4.39 Å². The molecule has 6 heteroatoms. The third-order valence-corrected chi connectivity index (χ3v) is 4.34. The number of carbonyl (C=O) groups is 1. The van der Waals surface area contributed by atoms with Crippen molar-refractivity contribution < 1.29 is 14.1 Å². The van der Waals surface area contributed by atoms with Crippen LogP contribution in [0.5, 0.6) is 0 Å². The number of hydrogen-bond donors (Lipinski definition) is 1. The van der Waals surface area contributed by atoms with Crippen molar-refractivity contribution in [3.63, 3.8) is 0 Å². The van der Waals surface area contributed by atoms with Gasteiger partial charge in [0.1, 0.15) is 17.3 Å². The second-order valence-corrected chi connectivity index (χ2v) is 5.70. The van der Waals surface area contributed by atoms with E-state index >= 15 is 0 Å². The molecule has 20 heavy (non-hydrogen) atoms. The molecule has 1 N–H and O–H groups in total. The number of anilines is 1. The van der Waals surface area contributed by atoms with Gasteiger partial charge < -0.3 is 5.32 Å². The summed E-state index contributed by atoms with van der Waals surface area (Å²) in [6, 6.07) is 3.51. The maximum absolute atomic E-state index is 13.3. The molecule has 2 fully saturated rings. The van der Waals surface area contributed by atoms with Crippen molar-refractivity contribution >= 4 is 17.2 Å². The van der Waals surface area contributed by atoms with Crippen LogP contribution in [0, 0.1) is 27.8 Å². The average Bonchev–Trinajstić information content (AvgIpc) is 2.85. The van der Waals surface area contributed by atoms with Crippen LogP contribution in [0.1, 0.15) is 25.7 Å². The third kappa shape index (κ3) is 2.37. The zero-order valence-electron chi connectivity index (χ0n) is 10.8. The minimum Gasteiger partial charge on any atom is -0.377 e. The predicted molar refractivity (Wildman–Crippen MR) is 70.9 cm³/mol. The number of rotatable bonds is 3. The van der Waals surface area contributed by atoms with Gasteiger partial charge in [-0.1, -0.05) is 0 Å². The molecule has 5 nitrogen and oxygen atoms in total. The molecule has 2 saturated carbocycles. The Labute approximate surface area is 115 Å². The maximum atomic E-state index is 13.3. The number of nitro benzene ring substituents is 1. The Morgan fingerprint density at radius 1 is 1.25 bits per heavy atom. The Morgan fingerprint density at radius 3 is 2.50 bits per heavy atom. The molecule has 0 bridgehead atoms. The van der Waals surface area contributed by atoms with Gasteiger partial charge in [0.2, 0.25) is 0 Å². The number of nitrogens with zero attached hydrogens (tertiary/aromatic N) is 1. The lowest BCUT2D eigenvalue weighted by atomic mass is 10.0. The van der Waals surface area contributed by atoms with Crippen LogP contribution in [0.15, 0.2) is 18.2 Å². The highest BCUT2D eigenvalue weighted by Crippen LogP contribution is 2.43. The van der Waals surface area contributed by atoms with Gasteiger partial charge in [-0.3, -0.25) is 14.9 Å². The number of fused-ring (bicyclic) bond motifs is 1. The zero-order chi connectivity index (χ0) is 14.3. The predicted octanol–water partition coefficient (Wildman–Crippen LogP) is 2.90. The number of halogens is 1. The van der Waals surface area contributed by atoms with Crippen molar-refractivity contribution in [2.75, 3.05) is 5.32 Å². The fourth-order valence-electron chi connectivity index (χ4n) is 3.50. The van der Waals surface area contributed by atoms with Gasteiger partial charge >= 0.3 is 0 Å². The molecular weight excluding hydrogens is 263 g/mol. The SMILES string of the molecule is O=C1CC2CC(Nc3cc(F)ccc3[N+](=O)[O-])CC2C1. The Kier molecular flexibility index (Phi) is 3.16. The minimum absolute atomic E-state index is 0.0820. The molecule has 0 amide bonds. The zero-order valence-corrected chi connectivity index (χ0v) is 10.8. The Bertz CT molecular complexity index is 560. The lowest BCUT2D eigenvalue weighted by molar-refractivity contribution is -0.384. The number of benzene rings is 1. The van der Waals surface area contributed by atoms with E-state index in [1.807, 2.05) is 0 Å². The average molecular weight is 278 g/mol. The summed E-state index contributed by atoms with van der Waals surface area (Å²) in [5.41, 5.74) is 0.117. The topological polar surface area (TPSA) is 72.2 Å². The number of ketones is 1. The minimum atomic E-state index is -0.513. The van der Waals surface area contributed by atoms with E-state index in [1.165, 1.54) is 6.07 Å². The number of nitro groups is 1. The van der Waals surface area contributed by atoms with Crippen LogP contribution in [0.25, 0.3) is 0 Å². The molecule has 1 aromatic carbocycles. The monoisotopic (exact) mass is 278 g/mol. The molecule has 2 aliphatic carbocycles. The standard InChI is InChI=1S/C14H15FN2O3/c15-10-1-2-14(17(19)20)13(7-10)16-11-3-8-5-12(18)6-9(8)4-11/h1-2,7-9,11,16H,3-6H2. The summed E-state index contributed by atoms with van der Waals surface area (Å²) >= 11 is 0. The van der Waals surface area contributed by atoms with E-state index in [0.29, 0.717) is 30.5 Å². The van der Waals surface area contributed by atoms with Crippen LogP contribution in [0.4, 0.5) is 15.8 Å². The van der Waals surface area contributed by atoms with Crippen molar-refractivity contribution in [2.45, 2.75) is 31.7 Å². The number of Topliss-reactive ketones (excluding diaryl/α,β-unsaturated/α-hetero) is 1. The van der Waals surface area contributed by atoms with Gasteiger partial charge in [0.05, 0.1) is 4.92 Å². The van der Waals surface area contributed by atoms with Gasteiger partial charge in [0.15, 0.2) is 0 Å². The molecule has 0 aromatic heterocycles. The van der Waals surface area contributed by atoms with Crippen molar-refractivity contribution in [3.8, 4) is 0 Å². The van der Waals surface area contributed by atoms with Crippen molar-refractivity contribution in [1.29, 1.82) is 0 Å². The Balaban J connectivity index is 1.74. The Hall–Kier alpha value is -1.98. The summed E-state index contributed by atoms with van der Waals surface area (Å²) < 4.78 is 13.3. The van der Waals surface area contributed by atoms with E-state index in [0.717, 1.165) is 25.0 Å². The third-order valence-electron chi connectivity index (χ3n) is 4.34. The van der Waals surface area contributed by atoms with E-state index in [1.54, 1.807) is 0 Å². The second kappa shape index (κ2) is 4.85. The smallest absolute Gasteiger partial charge is 0.292 e. The molecule has 0 spiro atoms. The fraction of sp³-hybridized carbons (Fsp3) is 0.500. The van der Waals surface area contributed by atoms with E-state index in [-0.39, 0.29) is 17.4 Å². The fourth-order valence-corrected chi connectivity index (χ4v) is 3.50. The highest BCUT2D eigenvalue weighted by atomic mass is 19.1. The largest absolute Gasteiger partial charge is 0.377 e. The van der Waals surface area contributed by atoms with E-state index in [2.05, 4.69) is 5.32 Å². The molecule has 1 aromatic rings. The quantitative estimate of drug-likeness (QED) is 0.681. The van der Waals surface area contributed by atoms with Gasteiger partial charge in [-0.05, 0) is 30.7 Å². The van der Waals surface area contributed by atoms with Crippen LogP contribution in [0.3, 0.4) is 0 Å². The summed E-state index contributed by atoms with van der Waals surface area (Å²) in [5.74, 6) is 0.585. The molecule has 0 aliphatic heterocycles. The van der Waals surface area contributed by atoms with Gasteiger partial charge in [-0.15, -0.1) is 0 Å². The summed E-state index contributed by atoms with van der Waals surface area (Å²) in [6.07, 6.45) is 2.89. The maximum Gasteiger partial charge on any atom is 0.292 e. The Morgan fingerprint density at radius 2 is 1.90 bits per heavy atom. The van der Waals surface area contributed by atoms with E-state index in [9.17, 15) is 19.3 Å². The van der Waals surface area contributed by atoms with Crippen LogP contribution in [0.2, 0.25) is 0 Å². The van der Waals surface area contributed by atoms with Crippen molar-refractivity contribution in [3.05, 3.63) is 34.1 Å². The molecule has 2 aliphatic rings. The second-order valence-electron chi connectivity index (χ2n) is 5.70. The molecule has 0 radical (unpaired) electrons. The number of hydrogen-bond acceptors (Lipinski definition) is 4. The summed E-state index contributed by atoms with van der Waals surface area (Å²) in [6.45, 7) is 0. The first-order valence-corrected chi connectivity index (χ1v) is 6.75. The van der Waals surface area contributed by atoms with E-state index in [4.69, 9.17) is 0 Å². The van der Waals surface area contributed by atoms with Crippen LogP contribution >= 0.6 is 0 Å². The molecular formula is C14H15FN2O3. The first-order chi connectivity index (χ1) is 9.52. The molecule has 2 unspecified atom stereocenters. The number of carbonyl (C=O) groups excluding carboxylic acids is 1. The lowest BCUT2D eigenvalue weighted by Gasteiger charge is -2.15. The van der Waals surface area contributed by atoms with Crippen LogP contribution in [-0.2, 0) is 4.79 Å². The molecule has 3 rings (SSSR count). The van der Waals surface area contributed by atoms with Crippen molar-refractivity contribution in [1.82, 2.24) is 0 Å². The highest BCUT2D eigenvalue weighted by molar-refractivity contribution is 5.81. The van der Waals surface area contributed by atoms with Gasteiger partial charge in [0.25, 0.3) is 5.69 Å². The molecule has 0 saturated heterocycles. The normalized spacial score (nSPS) is 28.4. The lowest BCUT2D eigenvalue weighted by Crippen LogP contribution is -2.18. The molecule has 0 heterocycles. The molecule has 106 valence electrons.